The van der Waals surface area contributed by atoms with Crippen LogP contribution in [0.1, 0.15) is 16.2 Å². The van der Waals surface area contributed by atoms with Gasteiger partial charge in [-0.3, -0.25) is 14.9 Å². The van der Waals surface area contributed by atoms with Gasteiger partial charge in [0.1, 0.15) is 12.4 Å². The van der Waals surface area contributed by atoms with Gasteiger partial charge in [0.05, 0.1) is 23.4 Å². The first kappa shape index (κ1) is 21.8. The molecule has 3 aromatic rings. The first-order valence-electron chi connectivity index (χ1n) is 9.07. The van der Waals surface area contributed by atoms with E-state index in [0.717, 1.165) is 6.54 Å². The van der Waals surface area contributed by atoms with E-state index < -0.39 is 5.91 Å². The second-order valence-electron chi connectivity index (χ2n) is 6.60. The summed E-state index contributed by atoms with van der Waals surface area (Å²) in [5.41, 5.74) is 1.11. The summed E-state index contributed by atoms with van der Waals surface area (Å²) in [5.74, 6) is 0.109. The van der Waals surface area contributed by atoms with Crippen molar-refractivity contribution in [2.45, 2.75) is 6.42 Å². The molecule has 0 fully saturated rings. The Morgan fingerprint density at radius 1 is 1.27 bits per heavy atom. The van der Waals surface area contributed by atoms with E-state index in [4.69, 9.17) is 20.8 Å². The Bertz CT molecular complexity index is 1000. The minimum atomic E-state index is -0.395. The Morgan fingerprint density at radius 3 is 2.80 bits per heavy atom. The molecule has 2 N–H and O–H groups in total. The van der Waals surface area contributed by atoms with E-state index in [1.54, 1.807) is 35.7 Å². The lowest BCUT2D eigenvalue weighted by Crippen LogP contribution is -2.19. The van der Waals surface area contributed by atoms with E-state index in [9.17, 15) is 9.59 Å². The number of likely N-dealkylation sites (N-methyl/N-ethyl adjacent to an activating group) is 1. The van der Waals surface area contributed by atoms with Crippen molar-refractivity contribution in [3.05, 3.63) is 58.5 Å². The van der Waals surface area contributed by atoms with Gasteiger partial charge in [0.15, 0.2) is 10.9 Å². The van der Waals surface area contributed by atoms with E-state index in [2.05, 4.69) is 15.6 Å². The first-order valence-corrected chi connectivity index (χ1v) is 10.3. The minimum absolute atomic E-state index is 0.0613. The maximum absolute atomic E-state index is 12.3. The summed E-state index contributed by atoms with van der Waals surface area (Å²) in [4.78, 5) is 30.5. The zero-order chi connectivity index (χ0) is 21.5. The van der Waals surface area contributed by atoms with Crippen LogP contribution in [-0.4, -0.2) is 48.9 Å². The zero-order valence-electron chi connectivity index (χ0n) is 16.5. The van der Waals surface area contributed by atoms with Gasteiger partial charge in [-0.25, -0.2) is 4.98 Å². The predicted molar refractivity (Wildman–Crippen MR) is 117 cm³/mol. The number of halogens is 1. The highest BCUT2D eigenvalue weighted by molar-refractivity contribution is 7.14. The van der Waals surface area contributed by atoms with Crippen LogP contribution < -0.4 is 15.4 Å². The molecule has 30 heavy (non-hydrogen) atoms. The van der Waals surface area contributed by atoms with Crippen molar-refractivity contribution in [1.29, 1.82) is 0 Å². The first-order chi connectivity index (χ1) is 14.4. The van der Waals surface area contributed by atoms with Crippen molar-refractivity contribution in [3.63, 3.8) is 0 Å². The topological polar surface area (TPSA) is 96.7 Å². The predicted octanol–water partition coefficient (Wildman–Crippen LogP) is 3.76. The summed E-state index contributed by atoms with van der Waals surface area (Å²) < 4.78 is 10.7. The molecule has 8 nitrogen and oxygen atoms in total. The number of hydrogen-bond acceptors (Lipinski definition) is 7. The lowest BCUT2D eigenvalue weighted by atomic mass is 10.2. The molecule has 0 atom stereocenters. The third-order valence-corrected chi connectivity index (χ3v) is 4.97. The average Bonchev–Trinajstić information content (AvgIpc) is 3.35. The zero-order valence-corrected chi connectivity index (χ0v) is 18.0. The summed E-state index contributed by atoms with van der Waals surface area (Å²) in [6.45, 7) is 1.29. The number of carbonyl (C=O) groups is 2. The summed E-state index contributed by atoms with van der Waals surface area (Å²) >= 11 is 7.47. The van der Waals surface area contributed by atoms with Crippen molar-refractivity contribution in [1.82, 2.24) is 9.88 Å². The van der Waals surface area contributed by atoms with Crippen molar-refractivity contribution in [3.8, 4) is 5.75 Å². The van der Waals surface area contributed by atoms with Crippen LogP contribution in [0.5, 0.6) is 5.75 Å². The van der Waals surface area contributed by atoms with Gasteiger partial charge in [-0.05, 0) is 44.4 Å². The van der Waals surface area contributed by atoms with Gasteiger partial charge in [0.2, 0.25) is 5.91 Å². The van der Waals surface area contributed by atoms with Crippen LogP contribution in [0.3, 0.4) is 0 Å². The molecule has 10 heteroatoms. The Labute approximate surface area is 182 Å². The number of benzene rings is 1. The fourth-order valence-electron chi connectivity index (χ4n) is 2.42. The number of nitrogens with one attached hydrogen (secondary N) is 2. The smallest absolute Gasteiger partial charge is 0.293 e. The van der Waals surface area contributed by atoms with Crippen molar-refractivity contribution < 1.29 is 18.7 Å². The molecule has 0 aliphatic carbocycles. The summed E-state index contributed by atoms with van der Waals surface area (Å²) in [6, 6.07) is 8.27. The molecule has 2 aromatic heterocycles. The number of carbonyl (C=O) groups excluding carboxylic acids is 2. The second kappa shape index (κ2) is 10.2. The van der Waals surface area contributed by atoms with Gasteiger partial charge >= 0.3 is 0 Å². The van der Waals surface area contributed by atoms with Crippen LogP contribution >= 0.6 is 22.9 Å². The Morgan fingerprint density at radius 2 is 2.10 bits per heavy atom. The van der Waals surface area contributed by atoms with Crippen molar-refractivity contribution in [2.75, 3.05) is 37.9 Å². The number of hydrogen-bond donors (Lipinski definition) is 2. The van der Waals surface area contributed by atoms with Crippen LogP contribution in [0.25, 0.3) is 0 Å². The molecule has 3 rings (SSSR count). The summed E-state index contributed by atoms with van der Waals surface area (Å²) in [5, 5.41) is 7.94. The summed E-state index contributed by atoms with van der Waals surface area (Å²) in [6.07, 6.45) is 1.48. The molecular formula is C20H21ClN4O4S. The molecule has 0 saturated carbocycles. The van der Waals surface area contributed by atoms with E-state index >= 15 is 0 Å². The van der Waals surface area contributed by atoms with Gasteiger partial charge in [-0.2, -0.15) is 0 Å². The number of anilines is 2. The molecule has 1 aromatic carbocycles. The van der Waals surface area contributed by atoms with Crippen LogP contribution in [0, 0.1) is 0 Å². The third kappa shape index (κ3) is 6.31. The lowest BCUT2D eigenvalue weighted by molar-refractivity contribution is -0.115. The van der Waals surface area contributed by atoms with Gasteiger partial charge in [-0.15, -0.1) is 11.3 Å². The van der Waals surface area contributed by atoms with E-state index in [0.29, 0.717) is 33.9 Å². The number of furan rings is 1. The van der Waals surface area contributed by atoms with Crippen molar-refractivity contribution in [2.24, 2.45) is 0 Å². The number of amides is 2. The fraction of sp³-hybridized carbons (Fsp3) is 0.250. The van der Waals surface area contributed by atoms with Crippen LogP contribution in [0.4, 0.5) is 10.8 Å². The molecule has 0 bridgehead atoms. The highest BCUT2D eigenvalue weighted by Gasteiger charge is 2.13. The molecule has 2 heterocycles. The number of nitrogens with zero attached hydrogens (tertiary/aromatic N) is 2. The van der Waals surface area contributed by atoms with E-state index in [-0.39, 0.29) is 18.1 Å². The van der Waals surface area contributed by atoms with Crippen LogP contribution in [-0.2, 0) is 11.2 Å². The van der Waals surface area contributed by atoms with Gasteiger partial charge in [-0.1, -0.05) is 11.6 Å². The van der Waals surface area contributed by atoms with Crippen LogP contribution in [0.15, 0.2) is 46.4 Å². The third-order valence-electron chi connectivity index (χ3n) is 3.87. The van der Waals surface area contributed by atoms with E-state index in [1.165, 1.54) is 17.6 Å². The quantitative estimate of drug-likeness (QED) is 0.517. The SMILES string of the molecule is CN(C)CCOc1ccc(NC(=O)Cc2csc(NC(=O)c3ccco3)n2)cc1Cl. The molecule has 2 amide bonds. The highest BCUT2D eigenvalue weighted by Crippen LogP contribution is 2.28. The largest absolute Gasteiger partial charge is 0.491 e. The second-order valence-corrected chi connectivity index (χ2v) is 7.86. The molecule has 0 aliphatic rings. The minimum Gasteiger partial charge on any atom is -0.491 e. The number of ether oxygens (including phenoxy) is 1. The highest BCUT2D eigenvalue weighted by atomic mass is 35.5. The van der Waals surface area contributed by atoms with Crippen molar-refractivity contribution >= 4 is 45.6 Å². The Balaban J connectivity index is 1.51. The Kier molecular flexibility index (Phi) is 7.45. The lowest BCUT2D eigenvalue weighted by Gasteiger charge is -2.13. The maximum Gasteiger partial charge on any atom is 0.293 e. The van der Waals surface area contributed by atoms with Gasteiger partial charge in [0, 0.05) is 17.6 Å². The monoisotopic (exact) mass is 448 g/mol. The number of rotatable bonds is 9. The molecule has 0 saturated heterocycles. The molecule has 0 unspecified atom stereocenters. The molecule has 158 valence electrons. The Hall–Kier alpha value is -2.88. The van der Waals surface area contributed by atoms with Gasteiger partial charge < -0.3 is 19.4 Å². The maximum atomic E-state index is 12.3. The molecular weight excluding hydrogens is 428 g/mol. The number of aromatic nitrogens is 1. The summed E-state index contributed by atoms with van der Waals surface area (Å²) in [7, 11) is 3.92. The molecule has 0 spiro atoms. The molecule has 0 aliphatic heterocycles. The number of thiazole rings is 1. The standard InChI is InChI=1S/C20H21ClN4O4S/c1-25(2)7-9-29-16-6-5-13(10-15(16)21)22-18(26)11-14-12-30-20(23-14)24-19(27)17-4-3-8-28-17/h3-6,8,10,12H,7,9,11H2,1-2H3,(H,22,26)(H,23,24,27). The van der Waals surface area contributed by atoms with E-state index in [1.807, 2.05) is 19.0 Å². The normalized spacial score (nSPS) is 10.8. The van der Waals surface area contributed by atoms with Crippen LogP contribution in [0.2, 0.25) is 5.02 Å². The van der Waals surface area contributed by atoms with Gasteiger partial charge in [0.25, 0.3) is 5.91 Å². The fourth-order valence-corrected chi connectivity index (χ4v) is 3.36. The molecule has 0 radical (unpaired) electrons. The average molecular weight is 449 g/mol.